The maximum atomic E-state index is 13.0. The van der Waals surface area contributed by atoms with Gasteiger partial charge in [-0.1, -0.05) is 37.3 Å². The molecule has 1 saturated heterocycles. The van der Waals surface area contributed by atoms with Gasteiger partial charge in [-0.3, -0.25) is 4.79 Å². The molecule has 0 spiro atoms. The van der Waals surface area contributed by atoms with Crippen molar-refractivity contribution < 1.29 is 9.21 Å². The Morgan fingerprint density at radius 1 is 1.16 bits per heavy atom. The van der Waals surface area contributed by atoms with E-state index in [1.807, 2.05) is 35.2 Å². The molecule has 1 aliphatic rings. The summed E-state index contributed by atoms with van der Waals surface area (Å²) in [7, 11) is 0. The van der Waals surface area contributed by atoms with Crippen LogP contribution in [0.15, 0.2) is 51.7 Å². The van der Waals surface area contributed by atoms with Crippen molar-refractivity contribution in [3.63, 3.8) is 0 Å². The van der Waals surface area contributed by atoms with Crippen molar-refractivity contribution in [2.45, 2.75) is 38.6 Å². The van der Waals surface area contributed by atoms with Gasteiger partial charge in [0.2, 0.25) is 0 Å². The van der Waals surface area contributed by atoms with Crippen LogP contribution < -0.4 is 5.63 Å². The number of rotatable bonds is 2. The van der Waals surface area contributed by atoms with Crippen LogP contribution in [-0.4, -0.2) is 23.4 Å². The number of benzene rings is 2. The van der Waals surface area contributed by atoms with Crippen molar-refractivity contribution in [3.8, 4) is 0 Å². The van der Waals surface area contributed by atoms with E-state index in [0.29, 0.717) is 12.1 Å². The van der Waals surface area contributed by atoms with Gasteiger partial charge in [-0.15, -0.1) is 0 Å². The number of likely N-dealkylation sites (tertiary alicyclic amines) is 1. The zero-order chi connectivity index (χ0) is 17.4. The predicted molar refractivity (Wildman–Crippen MR) is 99.0 cm³/mol. The van der Waals surface area contributed by atoms with Crippen LogP contribution in [0.25, 0.3) is 21.7 Å². The molecule has 1 fully saturated rings. The summed E-state index contributed by atoms with van der Waals surface area (Å²) < 4.78 is 5.48. The molecular formula is C21H21NO3. The molecule has 0 unspecified atom stereocenters. The molecule has 2 heterocycles. The standard InChI is InChI=1S/C21H21NO3/c1-2-15-8-5-6-12-22(15)20(23)18-13-17-16-9-4-3-7-14(16)10-11-19(17)25-21(18)24/h3-4,7,9-11,13,15H,2,5-6,8,12H2,1H3/t15-/m0/s1. The molecule has 1 amide bonds. The second-order valence-electron chi connectivity index (χ2n) is 6.70. The van der Waals surface area contributed by atoms with Gasteiger partial charge in [-0.25, -0.2) is 4.79 Å². The van der Waals surface area contributed by atoms with Gasteiger partial charge in [0.1, 0.15) is 11.1 Å². The van der Waals surface area contributed by atoms with Crippen molar-refractivity contribution in [1.29, 1.82) is 0 Å². The first-order valence-corrected chi connectivity index (χ1v) is 8.95. The van der Waals surface area contributed by atoms with Gasteiger partial charge in [0.15, 0.2) is 0 Å². The Morgan fingerprint density at radius 2 is 2.00 bits per heavy atom. The smallest absolute Gasteiger partial charge is 0.349 e. The summed E-state index contributed by atoms with van der Waals surface area (Å²) in [6, 6.07) is 13.6. The van der Waals surface area contributed by atoms with Gasteiger partial charge in [0.25, 0.3) is 5.91 Å². The highest BCUT2D eigenvalue weighted by Crippen LogP contribution is 2.26. The normalized spacial score (nSPS) is 18.0. The highest BCUT2D eigenvalue weighted by molar-refractivity contribution is 6.07. The predicted octanol–water partition coefficient (Wildman–Crippen LogP) is 4.35. The molecule has 4 nitrogen and oxygen atoms in total. The molecule has 25 heavy (non-hydrogen) atoms. The maximum Gasteiger partial charge on any atom is 0.349 e. The van der Waals surface area contributed by atoms with Crippen LogP contribution in [0, 0.1) is 0 Å². The first kappa shape index (κ1) is 15.9. The molecule has 128 valence electrons. The second kappa shape index (κ2) is 6.36. The molecule has 3 aromatic rings. The molecule has 1 atom stereocenters. The Bertz CT molecular complexity index is 1000. The minimum Gasteiger partial charge on any atom is -0.422 e. The van der Waals surface area contributed by atoms with Gasteiger partial charge < -0.3 is 9.32 Å². The molecule has 0 aliphatic carbocycles. The number of carbonyl (C=O) groups is 1. The number of carbonyl (C=O) groups excluding carboxylic acids is 1. The number of hydrogen-bond donors (Lipinski definition) is 0. The molecule has 0 saturated carbocycles. The highest BCUT2D eigenvalue weighted by Gasteiger charge is 2.28. The Labute approximate surface area is 146 Å². The summed E-state index contributed by atoms with van der Waals surface area (Å²) in [5, 5.41) is 2.86. The van der Waals surface area contributed by atoms with Gasteiger partial charge in [-0.2, -0.15) is 0 Å². The Balaban J connectivity index is 1.86. The summed E-state index contributed by atoms with van der Waals surface area (Å²) in [6.07, 6.45) is 4.04. The van der Waals surface area contributed by atoms with E-state index < -0.39 is 5.63 Å². The second-order valence-corrected chi connectivity index (χ2v) is 6.70. The summed E-state index contributed by atoms with van der Waals surface area (Å²) in [4.78, 5) is 27.3. The lowest BCUT2D eigenvalue weighted by atomic mass is 9.98. The minimum atomic E-state index is -0.548. The molecule has 0 bridgehead atoms. The first-order chi connectivity index (χ1) is 12.2. The third-order valence-electron chi connectivity index (χ3n) is 5.23. The summed E-state index contributed by atoms with van der Waals surface area (Å²) >= 11 is 0. The first-order valence-electron chi connectivity index (χ1n) is 8.95. The molecule has 4 rings (SSSR count). The number of amides is 1. The fraction of sp³-hybridized carbons (Fsp3) is 0.333. The monoisotopic (exact) mass is 335 g/mol. The van der Waals surface area contributed by atoms with Gasteiger partial charge in [-0.05, 0) is 48.6 Å². The van der Waals surface area contributed by atoms with Gasteiger partial charge >= 0.3 is 5.63 Å². The van der Waals surface area contributed by atoms with Crippen molar-refractivity contribution >= 4 is 27.6 Å². The summed E-state index contributed by atoms with van der Waals surface area (Å²) in [5.74, 6) is -0.199. The van der Waals surface area contributed by atoms with E-state index in [1.54, 1.807) is 12.1 Å². The maximum absolute atomic E-state index is 13.0. The number of hydrogen-bond acceptors (Lipinski definition) is 3. The van der Waals surface area contributed by atoms with E-state index in [0.717, 1.165) is 41.8 Å². The van der Waals surface area contributed by atoms with E-state index in [-0.39, 0.29) is 17.5 Å². The summed E-state index contributed by atoms with van der Waals surface area (Å²) in [6.45, 7) is 2.80. The lowest BCUT2D eigenvalue weighted by Gasteiger charge is -2.35. The summed E-state index contributed by atoms with van der Waals surface area (Å²) in [5.41, 5.74) is 0.114. The largest absolute Gasteiger partial charge is 0.422 e. The van der Waals surface area contributed by atoms with Crippen LogP contribution in [0.5, 0.6) is 0 Å². The van der Waals surface area contributed by atoms with E-state index in [9.17, 15) is 9.59 Å². The number of nitrogens with zero attached hydrogens (tertiary/aromatic N) is 1. The fourth-order valence-electron chi connectivity index (χ4n) is 3.87. The average molecular weight is 335 g/mol. The fourth-order valence-corrected chi connectivity index (χ4v) is 3.87. The van der Waals surface area contributed by atoms with Crippen molar-refractivity contribution in [2.75, 3.05) is 6.54 Å². The molecule has 0 N–H and O–H groups in total. The average Bonchev–Trinajstić information content (AvgIpc) is 2.66. The molecule has 0 radical (unpaired) electrons. The highest BCUT2D eigenvalue weighted by atomic mass is 16.4. The third-order valence-corrected chi connectivity index (χ3v) is 5.23. The van der Waals surface area contributed by atoms with Gasteiger partial charge in [0, 0.05) is 18.0 Å². The zero-order valence-corrected chi connectivity index (χ0v) is 14.3. The number of piperidine rings is 1. The lowest BCUT2D eigenvalue weighted by Crippen LogP contribution is -2.44. The Hall–Kier alpha value is -2.62. The van der Waals surface area contributed by atoms with Crippen molar-refractivity contribution in [1.82, 2.24) is 4.90 Å². The van der Waals surface area contributed by atoms with Crippen LogP contribution in [0.3, 0.4) is 0 Å². The van der Waals surface area contributed by atoms with Crippen LogP contribution in [0.1, 0.15) is 43.0 Å². The molecule has 4 heteroatoms. The third kappa shape index (κ3) is 2.72. The van der Waals surface area contributed by atoms with Crippen LogP contribution in [-0.2, 0) is 0 Å². The van der Waals surface area contributed by atoms with Crippen molar-refractivity contribution in [2.24, 2.45) is 0 Å². The topological polar surface area (TPSA) is 50.5 Å². The van der Waals surface area contributed by atoms with Crippen LogP contribution in [0.4, 0.5) is 0 Å². The molecule has 1 aromatic heterocycles. The molecular weight excluding hydrogens is 314 g/mol. The van der Waals surface area contributed by atoms with Crippen LogP contribution >= 0.6 is 0 Å². The van der Waals surface area contributed by atoms with E-state index in [1.165, 1.54) is 0 Å². The Morgan fingerprint density at radius 3 is 2.84 bits per heavy atom. The van der Waals surface area contributed by atoms with Gasteiger partial charge in [0.05, 0.1) is 0 Å². The number of fused-ring (bicyclic) bond motifs is 3. The van der Waals surface area contributed by atoms with E-state index in [4.69, 9.17) is 4.42 Å². The van der Waals surface area contributed by atoms with E-state index >= 15 is 0 Å². The van der Waals surface area contributed by atoms with Crippen molar-refractivity contribution in [3.05, 3.63) is 58.4 Å². The SMILES string of the molecule is CC[C@H]1CCCCN1C(=O)c1cc2c(ccc3ccccc32)oc1=O. The minimum absolute atomic E-state index is 0.143. The van der Waals surface area contributed by atoms with E-state index in [2.05, 4.69) is 6.92 Å². The van der Waals surface area contributed by atoms with Crippen LogP contribution in [0.2, 0.25) is 0 Å². The Kier molecular flexibility index (Phi) is 4.04. The molecule has 2 aromatic carbocycles. The quantitative estimate of drug-likeness (QED) is 0.517. The zero-order valence-electron chi connectivity index (χ0n) is 14.3. The lowest BCUT2D eigenvalue weighted by molar-refractivity contribution is 0.0604. The molecule has 1 aliphatic heterocycles.